The minimum Gasteiger partial charge on any atom is -0.288 e. The largest absolute Gasteiger partial charge is 0.288 e. The zero-order chi connectivity index (χ0) is 18.0. The molecule has 3 rings (SSSR count). The van der Waals surface area contributed by atoms with Crippen molar-refractivity contribution in [3.63, 3.8) is 0 Å². The molecular formula is C15H14N2O5SSi. The fourth-order valence-corrected chi connectivity index (χ4v) is 8.52. The number of nitrogens with zero attached hydrogens (tertiary/aromatic N) is 2. The van der Waals surface area contributed by atoms with Gasteiger partial charge in [0.1, 0.15) is 8.07 Å². The van der Waals surface area contributed by atoms with E-state index in [2.05, 4.69) is 0 Å². The van der Waals surface area contributed by atoms with E-state index in [0.717, 1.165) is 11.3 Å². The molecule has 0 bridgehead atoms. The number of aryl methyl sites for hydroxylation is 2. The molecule has 2 aromatic rings. The van der Waals surface area contributed by atoms with E-state index < -0.39 is 17.9 Å². The Balaban J connectivity index is 2.40. The summed E-state index contributed by atoms with van der Waals surface area (Å²) in [5.41, 5.74) is 0.801. The van der Waals surface area contributed by atoms with Crippen molar-refractivity contribution in [2.45, 2.75) is 26.9 Å². The molecule has 0 atom stereocenters. The lowest BCUT2D eigenvalue weighted by atomic mass is 10.0. The summed E-state index contributed by atoms with van der Waals surface area (Å²) < 4.78 is 0. The van der Waals surface area contributed by atoms with Gasteiger partial charge in [-0.2, -0.15) is 0 Å². The molecule has 0 saturated heterocycles. The molecule has 124 valence electrons. The molecule has 0 amide bonds. The van der Waals surface area contributed by atoms with E-state index in [0.29, 0.717) is 31.3 Å². The van der Waals surface area contributed by atoms with Crippen LogP contribution in [0, 0.1) is 34.1 Å². The molecule has 9 heteroatoms. The molecule has 0 unspecified atom stereocenters. The molecule has 1 aromatic heterocycles. The number of thiophene rings is 1. The van der Waals surface area contributed by atoms with Crippen molar-refractivity contribution in [1.82, 2.24) is 0 Å². The lowest BCUT2D eigenvalue weighted by molar-refractivity contribution is -0.385. The summed E-state index contributed by atoms with van der Waals surface area (Å²) in [5, 5.41) is 23.8. The van der Waals surface area contributed by atoms with Gasteiger partial charge in [0.25, 0.3) is 11.4 Å². The van der Waals surface area contributed by atoms with Gasteiger partial charge in [-0.05, 0) is 25.1 Å². The normalized spacial score (nSPS) is 14.9. The van der Waals surface area contributed by atoms with Crippen molar-refractivity contribution in [1.29, 1.82) is 0 Å². The van der Waals surface area contributed by atoms with Gasteiger partial charge >= 0.3 is 0 Å². The second-order valence-corrected chi connectivity index (χ2v) is 11.9. The molecule has 0 saturated carbocycles. The van der Waals surface area contributed by atoms with Gasteiger partial charge in [0.05, 0.1) is 19.6 Å². The monoisotopic (exact) mass is 362 g/mol. The maximum atomic E-state index is 12.9. The molecule has 2 heterocycles. The Bertz CT molecular complexity index is 948. The van der Waals surface area contributed by atoms with Crippen LogP contribution in [0.25, 0.3) is 0 Å². The summed E-state index contributed by atoms with van der Waals surface area (Å²) in [5.74, 6) is -0.272. The van der Waals surface area contributed by atoms with Crippen molar-refractivity contribution >= 4 is 46.9 Å². The van der Waals surface area contributed by atoms with Crippen LogP contribution in [0.15, 0.2) is 12.1 Å². The van der Waals surface area contributed by atoms with Crippen LogP contribution in [-0.4, -0.2) is 23.7 Å². The molecule has 1 aromatic carbocycles. The molecule has 0 spiro atoms. The number of benzene rings is 1. The highest BCUT2D eigenvalue weighted by Gasteiger charge is 2.47. The molecule has 24 heavy (non-hydrogen) atoms. The maximum Gasteiger partial charge on any atom is 0.283 e. The standard InChI is InChI=1S/C15H14N2O5SSi/c1-7-5-9-11(6-10(7)16(19)20)24(3,4)15-12(17(21)22)8(2)23-14(15)13(9)18/h5-6H,1-4H3. The zero-order valence-corrected chi connectivity index (χ0v) is 15.3. The average Bonchev–Trinajstić information content (AvgIpc) is 2.83. The lowest BCUT2D eigenvalue weighted by Gasteiger charge is -2.29. The van der Waals surface area contributed by atoms with Gasteiger partial charge in [-0.1, -0.05) is 13.1 Å². The number of rotatable bonds is 2. The van der Waals surface area contributed by atoms with E-state index >= 15 is 0 Å². The van der Waals surface area contributed by atoms with E-state index in [9.17, 15) is 25.0 Å². The van der Waals surface area contributed by atoms with E-state index in [-0.39, 0.29) is 17.2 Å². The van der Waals surface area contributed by atoms with Crippen molar-refractivity contribution in [2.24, 2.45) is 0 Å². The highest BCUT2D eigenvalue weighted by molar-refractivity contribution is 7.19. The van der Waals surface area contributed by atoms with Gasteiger partial charge in [-0.25, -0.2) is 0 Å². The summed E-state index contributed by atoms with van der Waals surface area (Å²) >= 11 is 1.15. The topological polar surface area (TPSA) is 103 Å². The predicted molar refractivity (Wildman–Crippen MR) is 93.7 cm³/mol. The molecule has 7 nitrogen and oxygen atoms in total. The van der Waals surface area contributed by atoms with Gasteiger partial charge in [-0.3, -0.25) is 25.0 Å². The quantitative estimate of drug-likeness (QED) is 0.464. The third-order valence-electron chi connectivity index (χ3n) is 4.52. The molecule has 1 aliphatic rings. The smallest absolute Gasteiger partial charge is 0.283 e. The molecule has 0 radical (unpaired) electrons. The Labute approximate surface area is 142 Å². The summed E-state index contributed by atoms with van der Waals surface area (Å²) in [7, 11) is -2.62. The fourth-order valence-electron chi connectivity index (χ4n) is 3.35. The number of nitro groups is 2. The summed E-state index contributed by atoms with van der Waals surface area (Å²) in [4.78, 5) is 35.6. The number of fused-ring (bicyclic) bond motifs is 2. The fraction of sp³-hybridized carbons (Fsp3) is 0.267. The Kier molecular flexibility index (Phi) is 3.46. The van der Waals surface area contributed by atoms with Gasteiger partial charge in [0.2, 0.25) is 5.78 Å². The van der Waals surface area contributed by atoms with Crippen LogP contribution in [0.4, 0.5) is 11.4 Å². The molecular weight excluding hydrogens is 348 g/mol. The van der Waals surface area contributed by atoms with Gasteiger partial charge in [0.15, 0.2) is 0 Å². The van der Waals surface area contributed by atoms with E-state index in [1.165, 1.54) is 6.07 Å². The number of ketones is 1. The molecule has 0 N–H and O–H groups in total. The van der Waals surface area contributed by atoms with E-state index in [4.69, 9.17) is 0 Å². The van der Waals surface area contributed by atoms with Gasteiger partial charge in [-0.15, -0.1) is 11.3 Å². The van der Waals surface area contributed by atoms with Crippen LogP contribution < -0.4 is 10.4 Å². The predicted octanol–water partition coefficient (Wildman–Crippen LogP) is 2.55. The Hall–Kier alpha value is -2.39. The highest BCUT2D eigenvalue weighted by atomic mass is 32.1. The summed E-state index contributed by atoms with van der Waals surface area (Å²) in [6, 6.07) is 2.99. The lowest BCUT2D eigenvalue weighted by Crippen LogP contribution is -2.59. The number of carbonyl (C=O) groups is 1. The molecule has 0 fully saturated rings. The minimum atomic E-state index is -2.62. The zero-order valence-electron chi connectivity index (χ0n) is 13.5. The van der Waals surface area contributed by atoms with Crippen LogP contribution in [0.5, 0.6) is 0 Å². The SMILES string of the molecule is Cc1cc2c(cc1[N+](=O)[O-])[Si](C)(C)c1c(sc(C)c1[N+](=O)[O-])C2=O. The number of hydrogen-bond acceptors (Lipinski definition) is 6. The number of hydrogen-bond donors (Lipinski definition) is 0. The van der Waals surface area contributed by atoms with Crippen molar-refractivity contribution in [2.75, 3.05) is 0 Å². The Morgan fingerprint density at radius 3 is 2.25 bits per heavy atom. The first-order chi connectivity index (χ1) is 11.1. The second-order valence-electron chi connectivity index (χ2n) is 6.36. The first-order valence-corrected chi connectivity index (χ1v) is 11.0. The van der Waals surface area contributed by atoms with Crippen LogP contribution in [-0.2, 0) is 0 Å². The highest BCUT2D eigenvalue weighted by Crippen LogP contribution is 2.35. The Morgan fingerprint density at radius 2 is 1.71 bits per heavy atom. The van der Waals surface area contributed by atoms with Crippen molar-refractivity contribution in [3.8, 4) is 0 Å². The summed E-state index contributed by atoms with van der Waals surface area (Å²) in [6.45, 7) is 7.03. The second kappa shape index (κ2) is 5.05. The average molecular weight is 362 g/mol. The number of carbonyl (C=O) groups excluding carboxylic acids is 1. The van der Waals surface area contributed by atoms with Crippen LogP contribution in [0.1, 0.15) is 25.7 Å². The Morgan fingerprint density at radius 1 is 1.08 bits per heavy atom. The van der Waals surface area contributed by atoms with E-state index in [1.807, 2.05) is 13.1 Å². The molecule has 0 aliphatic carbocycles. The van der Waals surface area contributed by atoms with Crippen LogP contribution >= 0.6 is 11.3 Å². The van der Waals surface area contributed by atoms with Crippen LogP contribution in [0.3, 0.4) is 0 Å². The third kappa shape index (κ3) is 2.05. The maximum absolute atomic E-state index is 12.9. The summed E-state index contributed by atoms with van der Waals surface area (Å²) in [6.07, 6.45) is 0. The van der Waals surface area contributed by atoms with Crippen molar-refractivity contribution < 1.29 is 14.6 Å². The van der Waals surface area contributed by atoms with Crippen molar-refractivity contribution in [3.05, 3.63) is 53.2 Å². The first-order valence-electron chi connectivity index (χ1n) is 7.19. The number of nitro benzene ring substituents is 1. The molecule has 1 aliphatic heterocycles. The van der Waals surface area contributed by atoms with Crippen LogP contribution in [0.2, 0.25) is 13.1 Å². The minimum absolute atomic E-state index is 0.00565. The van der Waals surface area contributed by atoms with Gasteiger partial charge < -0.3 is 0 Å². The third-order valence-corrected chi connectivity index (χ3v) is 9.29. The first kappa shape index (κ1) is 16.5. The van der Waals surface area contributed by atoms with E-state index in [1.54, 1.807) is 19.9 Å². The van der Waals surface area contributed by atoms with Gasteiger partial charge in [0, 0.05) is 22.4 Å².